The molecule has 0 saturated heterocycles. The van der Waals surface area contributed by atoms with Crippen molar-refractivity contribution in [1.82, 2.24) is 14.9 Å². The standard InChI is InChI=1S/C9H15N3O/c1-12(2)7-4-8-13-9-10-5-3-6-11-9/h3,5-6H,4,7-8H2,1-2H3. The zero-order valence-electron chi connectivity index (χ0n) is 8.10. The molecule has 0 atom stereocenters. The van der Waals surface area contributed by atoms with Crippen molar-refractivity contribution in [2.75, 3.05) is 27.2 Å². The summed E-state index contributed by atoms with van der Waals surface area (Å²) in [5.74, 6) is 0. The van der Waals surface area contributed by atoms with Gasteiger partial charge in [-0.05, 0) is 26.6 Å². The van der Waals surface area contributed by atoms with E-state index in [1.165, 1.54) is 0 Å². The van der Waals surface area contributed by atoms with Crippen LogP contribution in [-0.2, 0) is 0 Å². The van der Waals surface area contributed by atoms with Crippen LogP contribution in [-0.4, -0.2) is 42.1 Å². The normalized spacial score (nSPS) is 10.4. The van der Waals surface area contributed by atoms with E-state index in [1.807, 2.05) is 14.1 Å². The summed E-state index contributed by atoms with van der Waals surface area (Å²) in [5, 5.41) is 0. The lowest BCUT2D eigenvalue weighted by Crippen LogP contribution is -2.15. The molecule has 0 saturated carbocycles. The maximum atomic E-state index is 5.31. The van der Waals surface area contributed by atoms with Gasteiger partial charge in [-0.3, -0.25) is 0 Å². The van der Waals surface area contributed by atoms with Crippen LogP contribution in [0.4, 0.5) is 0 Å². The molecule has 13 heavy (non-hydrogen) atoms. The van der Waals surface area contributed by atoms with Gasteiger partial charge in [-0.15, -0.1) is 0 Å². The number of nitrogens with zero attached hydrogens (tertiary/aromatic N) is 3. The first-order valence-corrected chi connectivity index (χ1v) is 4.33. The first kappa shape index (κ1) is 9.92. The van der Waals surface area contributed by atoms with Gasteiger partial charge in [0.05, 0.1) is 6.61 Å². The van der Waals surface area contributed by atoms with Crippen molar-refractivity contribution in [3.05, 3.63) is 18.5 Å². The zero-order valence-corrected chi connectivity index (χ0v) is 8.10. The summed E-state index contributed by atoms with van der Waals surface area (Å²) < 4.78 is 5.31. The highest BCUT2D eigenvalue weighted by atomic mass is 16.5. The number of ether oxygens (including phenoxy) is 1. The molecule has 0 amide bonds. The van der Waals surface area contributed by atoms with E-state index in [4.69, 9.17) is 4.74 Å². The lowest BCUT2D eigenvalue weighted by molar-refractivity contribution is 0.263. The van der Waals surface area contributed by atoms with Crippen LogP contribution in [0.25, 0.3) is 0 Å². The number of hydrogen-bond donors (Lipinski definition) is 0. The number of rotatable bonds is 5. The van der Waals surface area contributed by atoms with Crippen molar-refractivity contribution in [1.29, 1.82) is 0 Å². The summed E-state index contributed by atoms with van der Waals surface area (Å²) in [7, 11) is 4.08. The third-order valence-corrected chi connectivity index (χ3v) is 1.52. The molecule has 4 nitrogen and oxygen atoms in total. The molecule has 0 unspecified atom stereocenters. The molecule has 0 bridgehead atoms. The van der Waals surface area contributed by atoms with E-state index < -0.39 is 0 Å². The predicted molar refractivity (Wildman–Crippen MR) is 50.7 cm³/mol. The molecule has 0 spiro atoms. The molecule has 0 aliphatic rings. The Bertz CT molecular complexity index is 226. The first-order chi connectivity index (χ1) is 6.29. The SMILES string of the molecule is CN(C)CCCOc1ncccn1. The van der Waals surface area contributed by atoms with E-state index in [2.05, 4.69) is 14.9 Å². The zero-order chi connectivity index (χ0) is 9.52. The van der Waals surface area contributed by atoms with Crippen LogP contribution in [0.2, 0.25) is 0 Å². The topological polar surface area (TPSA) is 38.2 Å². The highest BCUT2D eigenvalue weighted by Crippen LogP contribution is 1.97. The van der Waals surface area contributed by atoms with E-state index >= 15 is 0 Å². The maximum absolute atomic E-state index is 5.31. The van der Waals surface area contributed by atoms with Crippen molar-refractivity contribution >= 4 is 0 Å². The Kier molecular flexibility index (Phi) is 4.18. The van der Waals surface area contributed by atoms with Gasteiger partial charge >= 0.3 is 6.01 Å². The van der Waals surface area contributed by atoms with Crippen molar-refractivity contribution in [2.24, 2.45) is 0 Å². The average molecular weight is 181 g/mol. The molecule has 1 aromatic rings. The Hall–Kier alpha value is -1.16. The molecule has 72 valence electrons. The molecule has 0 fully saturated rings. The molecule has 0 radical (unpaired) electrons. The van der Waals surface area contributed by atoms with Gasteiger partial charge in [0.2, 0.25) is 0 Å². The van der Waals surface area contributed by atoms with E-state index in [0.717, 1.165) is 13.0 Å². The monoisotopic (exact) mass is 181 g/mol. The molecule has 1 heterocycles. The minimum absolute atomic E-state index is 0.459. The molecule has 0 aliphatic carbocycles. The lowest BCUT2D eigenvalue weighted by Gasteiger charge is -2.08. The Morgan fingerprint density at radius 1 is 1.31 bits per heavy atom. The van der Waals surface area contributed by atoms with E-state index in [1.54, 1.807) is 18.5 Å². The van der Waals surface area contributed by atoms with Crippen LogP contribution in [0.15, 0.2) is 18.5 Å². The molecule has 0 N–H and O–H groups in total. The molecule has 4 heteroatoms. The van der Waals surface area contributed by atoms with Crippen LogP contribution < -0.4 is 4.74 Å². The fourth-order valence-electron chi connectivity index (χ4n) is 0.904. The third-order valence-electron chi connectivity index (χ3n) is 1.52. The average Bonchev–Trinajstić information content (AvgIpc) is 2.14. The molecular formula is C9H15N3O. The van der Waals surface area contributed by atoms with Gasteiger partial charge in [0.1, 0.15) is 0 Å². The predicted octanol–water partition coefficient (Wildman–Crippen LogP) is 0.807. The lowest BCUT2D eigenvalue weighted by atomic mass is 10.4. The smallest absolute Gasteiger partial charge is 0.316 e. The van der Waals surface area contributed by atoms with E-state index in [9.17, 15) is 0 Å². The molecular weight excluding hydrogens is 166 g/mol. The highest BCUT2D eigenvalue weighted by Gasteiger charge is 1.94. The van der Waals surface area contributed by atoms with Gasteiger partial charge in [0, 0.05) is 18.9 Å². The number of hydrogen-bond acceptors (Lipinski definition) is 4. The minimum Gasteiger partial charge on any atom is -0.463 e. The van der Waals surface area contributed by atoms with Crippen LogP contribution in [0.5, 0.6) is 6.01 Å². The van der Waals surface area contributed by atoms with Crippen LogP contribution in [0.1, 0.15) is 6.42 Å². The van der Waals surface area contributed by atoms with Crippen molar-refractivity contribution < 1.29 is 4.74 Å². The van der Waals surface area contributed by atoms with Crippen LogP contribution in [0.3, 0.4) is 0 Å². The minimum atomic E-state index is 0.459. The quantitative estimate of drug-likeness (QED) is 0.630. The van der Waals surface area contributed by atoms with Crippen LogP contribution in [0, 0.1) is 0 Å². The molecule has 1 rings (SSSR count). The second-order valence-corrected chi connectivity index (χ2v) is 3.04. The number of aromatic nitrogens is 2. The van der Waals surface area contributed by atoms with Gasteiger partial charge in [-0.1, -0.05) is 0 Å². The largest absolute Gasteiger partial charge is 0.463 e. The fraction of sp³-hybridized carbons (Fsp3) is 0.556. The van der Waals surface area contributed by atoms with Crippen molar-refractivity contribution in [3.63, 3.8) is 0 Å². The van der Waals surface area contributed by atoms with Gasteiger partial charge in [-0.25, -0.2) is 9.97 Å². The second kappa shape index (κ2) is 5.48. The Morgan fingerprint density at radius 2 is 2.00 bits per heavy atom. The maximum Gasteiger partial charge on any atom is 0.316 e. The third kappa shape index (κ3) is 4.42. The molecule has 1 aromatic heterocycles. The van der Waals surface area contributed by atoms with E-state index in [0.29, 0.717) is 12.6 Å². The summed E-state index contributed by atoms with van der Waals surface area (Å²) in [5.41, 5.74) is 0. The summed E-state index contributed by atoms with van der Waals surface area (Å²) in [6.45, 7) is 1.69. The van der Waals surface area contributed by atoms with Gasteiger partial charge in [0.25, 0.3) is 0 Å². The Balaban J connectivity index is 2.13. The summed E-state index contributed by atoms with van der Waals surface area (Å²) in [6, 6.07) is 2.23. The van der Waals surface area contributed by atoms with Gasteiger partial charge in [-0.2, -0.15) is 0 Å². The Labute approximate surface area is 78.6 Å². The highest BCUT2D eigenvalue weighted by molar-refractivity contribution is 4.92. The van der Waals surface area contributed by atoms with Crippen molar-refractivity contribution in [3.8, 4) is 6.01 Å². The summed E-state index contributed by atoms with van der Waals surface area (Å²) >= 11 is 0. The van der Waals surface area contributed by atoms with Crippen LogP contribution >= 0.6 is 0 Å². The molecule has 0 aliphatic heterocycles. The fourth-order valence-corrected chi connectivity index (χ4v) is 0.904. The summed E-state index contributed by atoms with van der Waals surface area (Å²) in [6.07, 6.45) is 4.34. The van der Waals surface area contributed by atoms with Gasteiger partial charge in [0.15, 0.2) is 0 Å². The van der Waals surface area contributed by atoms with E-state index in [-0.39, 0.29) is 0 Å². The van der Waals surface area contributed by atoms with Gasteiger partial charge < -0.3 is 9.64 Å². The van der Waals surface area contributed by atoms with Crippen molar-refractivity contribution in [2.45, 2.75) is 6.42 Å². The summed E-state index contributed by atoms with van der Waals surface area (Å²) in [4.78, 5) is 10.0. The second-order valence-electron chi connectivity index (χ2n) is 3.04. The molecule has 0 aromatic carbocycles. The first-order valence-electron chi connectivity index (χ1n) is 4.33. The Morgan fingerprint density at radius 3 is 2.62 bits per heavy atom.